The van der Waals surface area contributed by atoms with E-state index in [-0.39, 0.29) is 5.91 Å². The van der Waals surface area contributed by atoms with E-state index in [1.54, 1.807) is 6.92 Å². The first-order valence-corrected chi connectivity index (χ1v) is 7.99. The highest BCUT2D eigenvalue weighted by molar-refractivity contribution is 5.78. The average molecular weight is 279 g/mol. The third-order valence-corrected chi connectivity index (χ3v) is 6.06. The minimum absolute atomic E-state index is 0.259. The molecule has 0 aromatic heterocycles. The molecule has 2 bridgehead atoms. The molecule has 3 atom stereocenters. The molecular formula is C16H25NO3. The highest BCUT2D eigenvalue weighted by Crippen LogP contribution is 2.49. The third kappa shape index (κ3) is 2.45. The molecule has 20 heavy (non-hydrogen) atoms. The molecule has 0 spiro atoms. The van der Waals surface area contributed by atoms with Gasteiger partial charge in [-0.05, 0) is 56.8 Å². The van der Waals surface area contributed by atoms with Crippen molar-refractivity contribution in [2.75, 3.05) is 13.1 Å². The Balaban J connectivity index is 1.51. The lowest BCUT2D eigenvalue weighted by molar-refractivity contribution is -0.153. The molecule has 4 heteroatoms. The van der Waals surface area contributed by atoms with Crippen LogP contribution in [-0.2, 0) is 9.59 Å². The normalized spacial score (nSPS) is 35.2. The van der Waals surface area contributed by atoms with E-state index in [9.17, 15) is 14.7 Å². The highest BCUT2D eigenvalue weighted by atomic mass is 16.4. The molecule has 1 N–H and O–H groups in total. The summed E-state index contributed by atoms with van der Waals surface area (Å²) >= 11 is 0. The summed E-state index contributed by atoms with van der Waals surface area (Å²) in [4.78, 5) is 25.5. The minimum atomic E-state index is -0.724. The molecule has 0 aromatic rings. The third-order valence-electron chi connectivity index (χ3n) is 6.06. The van der Waals surface area contributed by atoms with Crippen LogP contribution in [0.4, 0.5) is 0 Å². The van der Waals surface area contributed by atoms with Gasteiger partial charge in [-0.1, -0.05) is 6.42 Å². The molecule has 1 amide bonds. The zero-order chi connectivity index (χ0) is 14.3. The average Bonchev–Trinajstić information content (AvgIpc) is 3.01. The minimum Gasteiger partial charge on any atom is -0.481 e. The van der Waals surface area contributed by atoms with E-state index in [1.807, 2.05) is 4.90 Å². The molecule has 112 valence electrons. The van der Waals surface area contributed by atoms with Crippen molar-refractivity contribution in [2.24, 2.45) is 23.2 Å². The van der Waals surface area contributed by atoms with Gasteiger partial charge in [-0.15, -0.1) is 0 Å². The van der Waals surface area contributed by atoms with E-state index >= 15 is 0 Å². The van der Waals surface area contributed by atoms with Crippen LogP contribution in [0.15, 0.2) is 0 Å². The number of carboxylic acids is 1. The van der Waals surface area contributed by atoms with Gasteiger partial charge in [0, 0.05) is 19.5 Å². The van der Waals surface area contributed by atoms with Crippen LogP contribution in [0.3, 0.4) is 0 Å². The van der Waals surface area contributed by atoms with Gasteiger partial charge >= 0.3 is 5.97 Å². The van der Waals surface area contributed by atoms with Crippen LogP contribution >= 0.6 is 0 Å². The van der Waals surface area contributed by atoms with Gasteiger partial charge in [0.2, 0.25) is 5.91 Å². The molecule has 1 saturated heterocycles. The van der Waals surface area contributed by atoms with Crippen molar-refractivity contribution < 1.29 is 14.7 Å². The summed E-state index contributed by atoms with van der Waals surface area (Å²) in [5, 5.41) is 9.22. The molecule has 3 unspecified atom stereocenters. The first-order chi connectivity index (χ1) is 9.48. The van der Waals surface area contributed by atoms with E-state index in [2.05, 4.69) is 0 Å². The lowest BCUT2D eigenvalue weighted by Gasteiger charge is -2.37. The summed E-state index contributed by atoms with van der Waals surface area (Å²) in [6.07, 6.45) is 7.16. The van der Waals surface area contributed by atoms with Crippen molar-refractivity contribution in [1.82, 2.24) is 4.90 Å². The van der Waals surface area contributed by atoms with Gasteiger partial charge in [0.25, 0.3) is 0 Å². The van der Waals surface area contributed by atoms with Crippen LogP contribution in [0.25, 0.3) is 0 Å². The number of likely N-dealkylation sites (tertiary alicyclic amines) is 1. The number of amides is 1. The topological polar surface area (TPSA) is 57.6 Å². The molecule has 0 radical (unpaired) electrons. The van der Waals surface area contributed by atoms with Crippen LogP contribution < -0.4 is 0 Å². The Morgan fingerprint density at radius 1 is 1.20 bits per heavy atom. The van der Waals surface area contributed by atoms with Crippen molar-refractivity contribution in [3.63, 3.8) is 0 Å². The fourth-order valence-corrected chi connectivity index (χ4v) is 4.44. The monoisotopic (exact) mass is 279 g/mol. The van der Waals surface area contributed by atoms with Crippen LogP contribution in [0, 0.1) is 23.2 Å². The Bertz CT molecular complexity index is 412. The number of carbonyl (C=O) groups is 2. The largest absolute Gasteiger partial charge is 0.481 e. The van der Waals surface area contributed by atoms with Crippen LogP contribution in [0.5, 0.6) is 0 Å². The van der Waals surface area contributed by atoms with Crippen molar-refractivity contribution in [3.8, 4) is 0 Å². The zero-order valence-corrected chi connectivity index (χ0v) is 12.3. The smallest absolute Gasteiger partial charge is 0.309 e. The molecule has 3 rings (SSSR count). The maximum atomic E-state index is 12.4. The number of carboxylic acid groups (broad SMARTS) is 1. The fraction of sp³-hybridized carbons (Fsp3) is 0.875. The lowest BCUT2D eigenvalue weighted by Crippen LogP contribution is -2.45. The number of fused-ring (bicyclic) bond motifs is 2. The highest BCUT2D eigenvalue weighted by Gasteiger charge is 2.42. The summed E-state index contributed by atoms with van der Waals surface area (Å²) < 4.78 is 0. The number of piperidine rings is 1. The fourth-order valence-electron chi connectivity index (χ4n) is 4.44. The van der Waals surface area contributed by atoms with Gasteiger partial charge in [-0.25, -0.2) is 0 Å². The van der Waals surface area contributed by atoms with E-state index in [1.165, 1.54) is 25.7 Å². The summed E-state index contributed by atoms with van der Waals surface area (Å²) in [6, 6.07) is 0. The van der Waals surface area contributed by atoms with Gasteiger partial charge in [-0.2, -0.15) is 0 Å². The van der Waals surface area contributed by atoms with E-state index in [4.69, 9.17) is 0 Å². The van der Waals surface area contributed by atoms with Crippen molar-refractivity contribution in [1.29, 1.82) is 0 Å². The Morgan fingerprint density at radius 2 is 1.90 bits per heavy atom. The Hall–Kier alpha value is -1.06. The van der Waals surface area contributed by atoms with E-state index in [0.717, 1.165) is 11.8 Å². The molecule has 2 saturated carbocycles. The second kappa shape index (κ2) is 5.05. The number of rotatable bonds is 3. The number of hydrogen-bond donors (Lipinski definition) is 1. The SMILES string of the molecule is CC1(C(=O)O)CCN(C(=O)CC2CC3CCC2C3)CC1. The number of aliphatic carboxylic acids is 1. The first-order valence-electron chi connectivity index (χ1n) is 7.99. The number of carbonyl (C=O) groups excluding carboxylic acids is 1. The Morgan fingerprint density at radius 3 is 2.40 bits per heavy atom. The number of hydrogen-bond acceptors (Lipinski definition) is 2. The van der Waals surface area contributed by atoms with Gasteiger partial charge in [0.05, 0.1) is 5.41 Å². The standard InChI is InChI=1S/C16H25NO3/c1-16(15(19)20)4-6-17(7-5-16)14(18)10-13-9-11-2-3-12(13)8-11/h11-13H,2-10H2,1H3,(H,19,20). The van der Waals surface area contributed by atoms with Crippen LogP contribution in [0.2, 0.25) is 0 Å². The summed E-state index contributed by atoms with van der Waals surface area (Å²) in [6.45, 7) is 3.03. The molecular weight excluding hydrogens is 254 g/mol. The number of nitrogens with zero attached hydrogens (tertiary/aromatic N) is 1. The zero-order valence-electron chi connectivity index (χ0n) is 12.3. The quantitative estimate of drug-likeness (QED) is 0.863. The Kier molecular flexibility index (Phi) is 3.51. The summed E-state index contributed by atoms with van der Waals surface area (Å²) in [5.74, 6) is 1.81. The van der Waals surface area contributed by atoms with Gasteiger partial charge in [0.1, 0.15) is 0 Å². The maximum absolute atomic E-state index is 12.4. The predicted molar refractivity (Wildman–Crippen MR) is 75.1 cm³/mol. The molecule has 3 aliphatic rings. The molecule has 3 fully saturated rings. The lowest BCUT2D eigenvalue weighted by atomic mass is 9.80. The first kappa shape index (κ1) is 13.9. The van der Waals surface area contributed by atoms with Crippen LogP contribution in [-0.4, -0.2) is 35.0 Å². The van der Waals surface area contributed by atoms with Crippen molar-refractivity contribution in [2.45, 2.75) is 51.9 Å². The molecule has 1 aliphatic heterocycles. The van der Waals surface area contributed by atoms with Gasteiger partial charge < -0.3 is 10.0 Å². The van der Waals surface area contributed by atoms with Gasteiger partial charge in [-0.3, -0.25) is 9.59 Å². The van der Waals surface area contributed by atoms with Gasteiger partial charge in [0.15, 0.2) is 0 Å². The molecule has 2 aliphatic carbocycles. The summed E-state index contributed by atoms with van der Waals surface area (Å²) in [7, 11) is 0. The van der Waals surface area contributed by atoms with E-state index in [0.29, 0.717) is 38.3 Å². The second-order valence-electron chi connectivity index (χ2n) is 7.39. The molecule has 4 nitrogen and oxygen atoms in total. The van der Waals surface area contributed by atoms with Crippen molar-refractivity contribution >= 4 is 11.9 Å². The molecule has 0 aromatic carbocycles. The molecule has 1 heterocycles. The maximum Gasteiger partial charge on any atom is 0.309 e. The summed E-state index contributed by atoms with van der Waals surface area (Å²) in [5.41, 5.74) is -0.636. The van der Waals surface area contributed by atoms with Crippen molar-refractivity contribution in [3.05, 3.63) is 0 Å². The predicted octanol–water partition coefficient (Wildman–Crippen LogP) is 2.53. The van der Waals surface area contributed by atoms with E-state index < -0.39 is 11.4 Å². The second-order valence-corrected chi connectivity index (χ2v) is 7.39. The Labute approximate surface area is 120 Å². The van der Waals surface area contributed by atoms with Crippen LogP contribution in [0.1, 0.15) is 51.9 Å².